The highest BCUT2D eigenvalue weighted by molar-refractivity contribution is 6.35. The third-order valence-electron chi connectivity index (χ3n) is 3.93. The van der Waals surface area contributed by atoms with Crippen LogP contribution in [0.5, 0.6) is 11.5 Å². The van der Waals surface area contributed by atoms with Gasteiger partial charge in [0.1, 0.15) is 24.4 Å². The molecule has 7 heteroatoms. The van der Waals surface area contributed by atoms with Crippen LogP contribution in [0.3, 0.4) is 0 Å². The van der Waals surface area contributed by atoms with Gasteiger partial charge in [0.2, 0.25) is 11.2 Å². The molecule has 5 nitrogen and oxygen atoms in total. The number of rotatable bonds is 11. The van der Waals surface area contributed by atoms with Crippen LogP contribution in [0, 0.1) is 0 Å². The smallest absolute Gasteiger partial charge is 0.227 e. The Kier molecular flexibility index (Phi) is 8.98. The number of halogens is 2. The lowest BCUT2D eigenvalue weighted by molar-refractivity contribution is 0.235. The summed E-state index contributed by atoms with van der Waals surface area (Å²) in [5.41, 5.74) is 0.694. The minimum absolute atomic E-state index is 0.154. The first-order chi connectivity index (χ1) is 13.0. The molecule has 148 valence electrons. The number of benzene rings is 1. The number of hydrogen-bond donors (Lipinski definition) is 1. The molecule has 0 atom stereocenters. The van der Waals surface area contributed by atoms with Crippen LogP contribution >= 0.6 is 23.2 Å². The van der Waals surface area contributed by atoms with Crippen molar-refractivity contribution in [1.82, 2.24) is 0 Å². The fourth-order valence-corrected chi connectivity index (χ4v) is 3.14. The first-order valence-electron chi connectivity index (χ1n) is 9.01. The van der Waals surface area contributed by atoms with E-state index in [1.54, 1.807) is 12.1 Å². The van der Waals surface area contributed by atoms with Crippen molar-refractivity contribution in [3.05, 3.63) is 56.1 Å². The van der Waals surface area contributed by atoms with E-state index in [0.717, 1.165) is 43.4 Å². The maximum Gasteiger partial charge on any atom is 0.227 e. The van der Waals surface area contributed by atoms with E-state index >= 15 is 0 Å². The van der Waals surface area contributed by atoms with Crippen LogP contribution in [0.15, 0.2) is 33.7 Å². The average Bonchev–Trinajstić information content (AvgIpc) is 2.64. The van der Waals surface area contributed by atoms with Gasteiger partial charge in [-0.1, -0.05) is 36.5 Å². The Morgan fingerprint density at radius 3 is 2.37 bits per heavy atom. The van der Waals surface area contributed by atoms with E-state index in [1.165, 1.54) is 12.3 Å². The molecular formula is C20H24Cl2O5. The largest absolute Gasteiger partial charge is 0.493 e. The number of unbranched alkanes of at least 4 members (excludes halogenated alkanes) is 2. The maximum atomic E-state index is 11.7. The van der Waals surface area contributed by atoms with E-state index < -0.39 is 0 Å². The van der Waals surface area contributed by atoms with Gasteiger partial charge in [0, 0.05) is 21.7 Å². The van der Waals surface area contributed by atoms with Crippen molar-refractivity contribution < 1.29 is 19.0 Å². The van der Waals surface area contributed by atoms with Crippen molar-refractivity contribution in [3.63, 3.8) is 0 Å². The fourth-order valence-electron chi connectivity index (χ4n) is 2.57. The predicted octanol–water partition coefficient (Wildman–Crippen LogP) is 5.02. The number of aliphatic hydroxyl groups excluding tert-OH is 1. The summed E-state index contributed by atoms with van der Waals surface area (Å²) in [6.45, 7) is 2.74. The molecule has 0 spiro atoms. The number of aliphatic hydroxyl groups is 1. The molecule has 0 fully saturated rings. The fraction of sp³-hybridized carbons (Fsp3) is 0.450. The second-order valence-corrected chi connectivity index (χ2v) is 6.95. The lowest BCUT2D eigenvalue weighted by Gasteiger charge is -2.13. The maximum absolute atomic E-state index is 11.7. The average molecular weight is 415 g/mol. The van der Waals surface area contributed by atoms with Crippen LogP contribution < -0.4 is 14.9 Å². The summed E-state index contributed by atoms with van der Waals surface area (Å²) in [4.78, 5) is 11.7. The molecule has 1 aromatic carbocycles. The molecule has 2 rings (SSSR count). The summed E-state index contributed by atoms with van der Waals surface area (Å²) < 4.78 is 16.3. The summed E-state index contributed by atoms with van der Waals surface area (Å²) in [6, 6.07) is 4.77. The zero-order chi connectivity index (χ0) is 19.6. The van der Waals surface area contributed by atoms with E-state index in [4.69, 9.17) is 42.2 Å². The zero-order valence-corrected chi connectivity index (χ0v) is 16.8. The Bertz CT molecular complexity index is 788. The number of hydrogen-bond acceptors (Lipinski definition) is 5. The SMILES string of the molecule is CCCc1c(Cl)cc(Cl)cc1OCCCCCOc1coc(CO)cc1=O. The third-order valence-corrected chi connectivity index (χ3v) is 4.49. The molecule has 0 saturated heterocycles. The van der Waals surface area contributed by atoms with E-state index in [0.29, 0.717) is 23.3 Å². The van der Waals surface area contributed by atoms with Gasteiger partial charge in [-0.05, 0) is 37.8 Å². The van der Waals surface area contributed by atoms with Crippen LogP contribution in [-0.4, -0.2) is 18.3 Å². The Balaban J connectivity index is 1.71. The molecule has 0 aliphatic heterocycles. The zero-order valence-electron chi connectivity index (χ0n) is 15.3. The monoisotopic (exact) mass is 414 g/mol. The second kappa shape index (κ2) is 11.2. The first-order valence-corrected chi connectivity index (χ1v) is 9.76. The highest BCUT2D eigenvalue weighted by Crippen LogP contribution is 2.32. The standard InChI is InChI=1S/C20H24Cl2O5/c1-2-6-16-17(22)9-14(21)10-19(16)25-7-4-3-5-8-26-20-13-27-15(12-23)11-18(20)24/h9-11,13,23H,2-8,12H2,1H3. The molecular weight excluding hydrogens is 391 g/mol. The Labute approximate surface area is 168 Å². The van der Waals surface area contributed by atoms with Crippen LogP contribution in [0.4, 0.5) is 0 Å². The van der Waals surface area contributed by atoms with E-state index in [9.17, 15) is 4.79 Å². The molecule has 0 aliphatic carbocycles. The Morgan fingerprint density at radius 1 is 1.04 bits per heavy atom. The van der Waals surface area contributed by atoms with Gasteiger partial charge in [0.15, 0.2) is 0 Å². The van der Waals surface area contributed by atoms with Crippen LogP contribution in [0.1, 0.15) is 43.9 Å². The van der Waals surface area contributed by atoms with Crippen molar-refractivity contribution in [2.75, 3.05) is 13.2 Å². The molecule has 0 amide bonds. The summed E-state index contributed by atoms with van der Waals surface area (Å²) in [7, 11) is 0. The van der Waals surface area contributed by atoms with Crippen molar-refractivity contribution in [3.8, 4) is 11.5 Å². The van der Waals surface area contributed by atoms with Gasteiger partial charge in [-0.3, -0.25) is 4.79 Å². The van der Waals surface area contributed by atoms with E-state index in [-0.39, 0.29) is 23.5 Å². The number of ether oxygens (including phenoxy) is 2. The molecule has 2 aromatic rings. The van der Waals surface area contributed by atoms with Crippen LogP contribution in [-0.2, 0) is 13.0 Å². The van der Waals surface area contributed by atoms with Gasteiger partial charge >= 0.3 is 0 Å². The second-order valence-electron chi connectivity index (χ2n) is 6.10. The highest BCUT2D eigenvalue weighted by Gasteiger charge is 2.10. The summed E-state index contributed by atoms with van der Waals surface area (Å²) in [6.07, 6.45) is 5.56. The van der Waals surface area contributed by atoms with Crippen molar-refractivity contribution >= 4 is 23.2 Å². The molecule has 1 heterocycles. The van der Waals surface area contributed by atoms with Gasteiger partial charge in [-0.2, -0.15) is 0 Å². The Morgan fingerprint density at radius 2 is 1.74 bits per heavy atom. The first kappa shape index (κ1) is 21.6. The summed E-state index contributed by atoms with van der Waals surface area (Å²) >= 11 is 12.3. The predicted molar refractivity (Wildman–Crippen MR) is 106 cm³/mol. The van der Waals surface area contributed by atoms with Crippen LogP contribution in [0.2, 0.25) is 10.0 Å². The lowest BCUT2D eigenvalue weighted by Crippen LogP contribution is -2.09. The molecule has 1 N–H and O–H groups in total. The topological polar surface area (TPSA) is 68.9 Å². The van der Waals surface area contributed by atoms with Gasteiger partial charge in [0.05, 0.1) is 13.2 Å². The normalized spacial score (nSPS) is 10.8. The van der Waals surface area contributed by atoms with Gasteiger partial charge in [-0.15, -0.1) is 0 Å². The van der Waals surface area contributed by atoms with Gasteiger partial charge < -0.3 is 19.0 Å². The van der Waals surface area contributed by atoms with Gasteiger partial charge in [0.25, 0.3) is 0 Å². The van der Waals surface area contributed by atoms with Gasteiger partial charge in [-0.25, -0.2) is 0 Å². The Hall–Kier alpha value is -1.69. The molecule has 0 aliphatic rings. The van der Waals surface area contributed by atoms with Crippen molar-refractivity contribution in [2.24, 2.45) is 0 Å². The van der Waals surface area contributed by atoms with Crippen LogP contribution in [0.25, 0.3) is 0 Å². The summed E-state index contributed by atoms with van der Waals surface area (Å²) in [5.74, 6) is 1.11. The molecule has 0 saturated carbocycles. The minimum atomic E-state index is -0.312. The molecule has 27 heavy (non-hydrogen) atoms. The van der Waals surface area contributed by atoms with Crippen molar-refractivity contribution in [2.45, 2.75) is 45.6 Å². The highest BCUT2D eigenvalue weighted by atomic mass is 35.5. The lowest BCUT2D eigenvalue weighted by atomic mass is 10.1. The minimum Gasteiger partial charge on any atom is -0.493 e. The van der Waals surface area contributed by atoms with E-state index in [1.807, 2.05) is 0 Å². The van der Waals surface area contributed by atoms with E-state index in [2.05, 4.69) is 6.92 Å². The van der Waals surface area contributed by atoms with Crippen molar-refractivity contribution in [1.29, 1.82) is 0 Å². The quantitative estimate of drug-likeness (QED) is 0.522. The molecule has 0 bridgehead atoms. The summed E-state index contributed by atoms with van der Waals surface area (Å²) in [5, 5.41) is 10.1. The third kappa shape index (κ3) is 6.76. The molecule has 0 unspecified atom stereocenters. The molecule has 1 aromatic heterocycles. The molecule has 0 radical (unpaired) electrons.